The third-order valence-corrected chi connectivity index (χ3v) is 7.55. The lowest BCUT2D eigenvalue weighted by molar-refractivity contribution is -0.120. The molecule has 0 fully saturated rings. The Morgan fingerprint density at radius 1 is 0.886 bits per heavy atom. The number of hydrogen-bond acceptors (Lipinski definition) is 5. The third-order valence-electron chi connectivity index (χ3n) is 5.78. The van der Waals surface area contributed by atoms with Gasteiger partial charge in [0.15, 0.2) is 11.5 Å². The summed E-state index contributed by atoms with van der Waals surface area (Å²) in [7, 11) is -1.18. The van der Waals surface area contributed by atoms with E-state index in [1.54, 1.807) is 12.1 Å². The predicted octanol–water partition coefficient (Wildman–Crippen LogP) is 4.78. The first kappa shape index (κ1) is 26.1. The Kier molecular flexibility index (Phi) is 8.40. The number of ether oxygens (including phenoxy) is 2. The number of hydrogen-bond donors (Lipinski definition) is 1. The van der Waals surface area contributed by atoms with E-state index in [2.05, 4.69) is 5.32 Å². The zero-order valence-electron chi connectivity index (χ0n) is 20.7. The van der Waals surface area contributed by atoms with Crippen molar-refractivity contribution in [2.45, 2.75) is 38.1 Å². The van der Waals surface area contributed by atoms with Gasteiger partial charge < -0.3 is 14.8 Å². The predicted molar refractivity (Wildman–Crippen MR) is 138 cm³/mol. The summed E-state index contributed by atoms with van der Waals surface area (Å²) in [5.41, 5.74) is 3.47. The topological polar surface area (TPSA) is 84.9 Å². The molecule has 0 saturated heterocycles. The van der Waals surface area contributed by atoms with Crippen molar-refractivity contribution < 1.29 is 22.7 Å². The van der Waals surface area contributed by atoms with E-state index in [0.717, 1.165) is 21.0 Å². The van der Waals surface area contributed by atoms with Crippen LogP contribution in [0.1, 0.15) is 36.1 Å². The number of rotatable bonds is 10. The average Bonchev–Trinajstić information content (AvgIpc) is 2.86. The van der Waals surface area contributed by atoms with Gasteiger partial charge >= 0.3 is 0 Å². The van der Waals surface area contributed by atoms with Gasteiger partial charge in [-0.2, -0.15) is 0 Å². The number of nitrogens with one attached hydrogen (secondary N) is 1. The number of aryl methyl sites for hydroxylation is 2. The molecule has 3 rings (SSSR count). The first-order chi connectivity index (χ1) is 16.7. The van der Waals surface area contributed by atoms with Crippen LogP contribution in [0.2, 0.25) is 0 Å². The maximum Gasteiger partial charge on any atom is 0.264 e. The first-order valence-electron chi connectivity index (χ1n) is 11.4. The minimum absolute atomic E-state index is 0.00546. The number of benzene rings is 3. The van der Waals surface area contributed by atoms with E-state index in [0.29, 0.717) is 17.9 Å². The zero-order valence-corrected chi connectivity index (χ0v) is 21.6. The fourth-order valence-corrected chi connectivity index (χ4v) is 5.16. The lowest BCUT2D eigenvalue weighted by atomic mass is 10.0. The number of sulfonamides is 1. The maximum atomic E-state index is 13.7. The minimum Gasteiger partial charge on any atom is -0.493 e. The zero-order chi connectivity index (χ0) is 25.6. The molecular weight excluding hydrogens is 464 g/mol. The van der Waals surface area contributed by atoms with Crippen molar-refractivity contribution in [3.8, 4) is 11.5 Å². The molecule has 0 radical (unpaired) electrons. The first-order valence-corrected chi connectivity index (χ1v) is 12.8. The smallest absolute Gasteiger partial charge is 0.264 e. The Morgan fingerprint density at radius 2 is 1.46 bits per heavy atom. The van der Waals surface area contributed by atoms with E-state index < -0.39 is 15.9 Å². The van der Waals surface area contributed by atoms with E-state index in [4.69, 9.17) is 9.47 Å². The van der Waals surface area contributed by atoms with Crippen LogP contribution < -0.4 is 19.1 Å². The monoisotopic (exact) mass is 496 g/mol. The van der Waals surface area contributed by atoms with Crippen molar-refractivity contribution in [3.05, 3.63) is 83.4 Å². The number of amides is 1. The standard InChI is InChI=1S/C27H32N2O5S/c1-6-24(21-11-7-19(2)8-12-21)28-27(30)18-29(22-13-9-20(3)10-14-22)35(31,32)23-15-16-25(33-4)26(17-23)34-5/h7-17,24H,6,18H2,1-5H3,(H,28,30). The van der Waals surface area contributed by atoms with Crippen LogP contribution in [0, 0.1) is 13.8 Å². The summed E-state index contributed by atoms with van der Waals surface area (Å²) < 4.78 is 39.1. The van der Waals surface area contributed by atoms with Gasteiger partial charge in [0, 0.05) is 6.07 Å². The molecule has 1 unspecified atom stereocenters. The quantitative estimate of drug-likeness (QED) is 0.437. The van der Waals surface area contributed by atoms with Gasteiger partial charge in [0.2, 0.25) is 5.91 Å². The third kappa shape index (κ3) is 6.14. The molecule has 1 amide bonds. The van der Waals surface area contributed by atoms with Crippen LogP contribution in [0.4, 0.5) is 5.69 Å². The van der Waals surface area contributed by atoms with E-state index in [1.807, 2.05) is 57.2 Å². The van der Waals surface area contributed by atoms with Crippen molar-refractivity contribution in [2.75, 3.05) is 25.1 Å². The van der Waals surface area contributed by atoms with Crippen molar-refractivity contribution in [1.29, 1.82) is 0 Å². The fraction of sp³-hybridized carbons (Fsp3) is 0.296. The largest absolute Gasteiger partial charge is 0.493 e. The molecule has 0 aliphatic rings. The second-order valence-electron chi connectivity index (χ2n) is 8.30. The molecule has 0 spiro atoms. The second kappa shape index (κ2) is 11.3. The van der Waals surface area contributed by atoms with Gasteiger partial charge in [-0.25, -0.2) is 8.42 Å². The molecule has 0 heterocycles. The van der Waals surface area contributed by atoms with E-state index in [9.17, 15) is 13.2 Å². The summed E-state index contributed by atoms with van der Waals surface area (Å²) in [5, 5.41) is 2.99. The Hall–Kier alpha value is -3.52. The Balaban J connectivity index is 1.95. The van der Waals surface area contributed by atoms with Crippen LogP contribution in [0.5, 0.6) is 11.5 Å². The Bertz CT molecular complexity index is 1260. The lowest BCUT2D eigenvalue weighted by Gasteiger charge is -2.26. The number of anilines is 1. The molecule has 0 aliphatic carbocycles. The fourth-order valence-electron chi connectivity index (χ4n) is 3.72. The molecule has 8 heteroatoms. The molecule has 0 aliphatic heterocycles. The van der Waals surface area contributed by atoms with Gasteiger partial charge in [-0.15, -0.1) is 0 Å². The summed E-state index contributed by atoms with van der Waals surface area (Å²) in [6, 6.07) is 19.1. The number of carbonyl (C=O) groups is 1. The number of nitrogens with zero attached hydrogens (tertiary/aromatic N) is 1. The molecule has 3 aromatic rings. The molecule has 1 atom stereocenters. The Labute approximate surface area is 207 Å². The normalized spacial score (nSPS) is 12.0. The van der Waals surface area contributed by atoms with E-state index >= 15 is 0 Å². The molecule has 0 aromatic heterocycles. The van der Waals surface area contributed by atoms with Gasteiger partial charge in [0.25, 0.3) is 10.0 Å². The van der Waals surface area contributed by atoms with Gasteiger partial charge in [-0.1, -0.05) is 54.4 Å². The molecule has 0 saturated carbocycles. The number of carbonyl (C=O) groups excluding carboxylic acids is 1. The van der Waals surface area contributed by atoms with Gasteiger partial charge in [-0.05, 0) is 50.1 Å². The lowest BCUT2D eigenvalue weighted by Crippen LogP contribution is -2.42. The van der Waals surface area contributed by atoms with Gasteiger partial charge in [0.05, 0.1) is 30.8 Å². The average molecular weight is 497 g/mol. The summed E-state index contributed by atoms with van der Waals surface area (Å²) >= 11 is 0. The molecule has 7 nitrogen and oxygen atoms in total. The molecule has 0 bridgehead atoms. The minimum atomic E-state index is -4.10. The van der Waals surface area contributed by atoms with Crippen LogP contribution in [0.3, 0.4) is 0 Å². The van der Waals surface area contributed by atoms with E-state index in [1.165, 1.54) is 32.4 Å². The number of methoxy groups -OCH3 is 2. The second-order valence-corrected chi connectivity index (χ2v) is 10.2. The highest BCUT2D eigenvalue weighted by atomic mass is 32.2. The highest BCUT2D eigenvalue weighted by Gasteiger charge is 2.29. The van der Waals surface area contributed by atoms with Crippen LogP contribution in [-0.4, -0.2) is 35.1 Å². The highest BCUT2D eigenvalue weighted by molar-refractivity contribution is 7.92. The van der Waals surface area contributed by atoms with E-state index in [-0.39, 0.29) is 23.2 Å². The summed E-state index contributed by atoms with van der Waals surface area (Å²) in [5.74, 6) is 0.296. The molecule has 3 aromatic carbocycles. The molecule has 35 heavy (non-hydrogen) atoms. The van der Waals surface area contributed by atoms with Crippen molar-refractivity contribution in [3.63, 3.8) is 0 Å². The Morgan fingerprint density at radius 3 is 2.00 bits per heavy atom. The van der Waals surface area contributed by atoms with Crippen LogP contribution >= 0.6 is 0 Å². The summed E-state index contributed by atoms with van der Waals surface area (Å²) in [4.78, 5) is 13.1. The van der Waals surface area contributed by atoms with Gasteiger partial charge in [-0.3, -0.25) is 9.10 Å². The van der Waals surface area contributed by atoms with Crippen molar-refractivity contribution >= 4 is 21.6 Å². The maximum absolute atomic E-state index is 13.7. The summed E-state index contributed by atoms with van der Waals surface area (Å²) in [6.07, 6.45) is 0.668. The molecule has 1 N–H and O–H groups in total. The van der Waals surface area contributed by atoms with Gasteiger partial charge in [0.1, 0.15) is 6.54 Å². The van der Waals surface area contributed by atoms with Crippen molar-refractivity contribution in [1.82, 2.24) is 5.32 Å². The SMILES string of the molecule is CCC(NC(=O)CN(c1ccc(C)cc1)S(=O)(=O)c1ccc(OC)c(OC)c1)c1ccc(C)cc1. The van der Waals surface area contributed by atoms with Crippen LogP contribution in [0.25, 0.3) is 0 Å². The summed E-state index contributed by atoms with van der Waals surface area (Å²) in [6.45, 7) is 5.52. The highest BCUT2D eigenvalue weighted by Crippen LogP contribution is 2.32. The van der Waals surface area contributed by atoms with Crippen molar-refractivity contribution in [2.24, 2.45) is 0 Å². The van der Waals surface area contributed by atoms with Crippen LogP contribution in [0.15, 0.2) is 71.6 Å². The molecule has 186 valence electrons. The van der Waals surface area contributed by atoms with Crippen LogP contribution in [-0.2, 0) is 14.8 Å². The molecular formula is C27H32N2O5S.